The number of hydrogen-bond donors (Lipinski definition) is 0. The van der Waals surface area contributed by atoms with Gasteiger partial charge in [-0.05, 0) is 19.1 Å². The molecule has 0 heterocycles. The summed E-state index contributed by atoms with van der Waals surface area (Å²) in [6, 6.07) is 0.273. The number of alkyl halides is 5. The number of nitro benzene ring substituents is 1. The molecule has 20 heavy (non-hydrogen) atoms. The Morgan fingerprint density at radius 3 is 2.25 bits per heavy atom. The van der Waals surface area contributed by atoms with Crippen LogP contribution in [0.5, 0.6) is 5.75 Å². The van der Waals surface area contributed by atoms with E-state index in [1.165, 1.54) is 0 Å². The maximum atomic E-state index is 12.6. The van der Waals surface area contributed by atoms with Crippen molar-refractivity contribution < 1.29 is 36.4 Å². The van der Waals surface area contributed by atoms with Gasteiger partial charge in [0.1, 0.15) is 0 Å². The minimum atomic E-state index is -4.97. The maximum Gasteiger partial charge on any atom is 0.416 e. The molecule has 0 fully saturated rings. The van der Waals surface area contributed by atoms with Crippen molar-refractivity contribution in [3.05, 3.63) is 33.4 Å². The maximum absolute atomic E-state index is 12.6. The van der Waals surface area contributed by atoms with Gasteiger partial charge >= 0.3 is 18.5 Å². The molecule has 0 atom stereocenters. The second-order valence-corrected chi connectivity index (χ2v) is 3.56. The van der Waals surface area contributed by atoms with Gasteiger partial charge in [0.15, 0.2) is 5.78 Å². The Kier molecular flexibility index (Phi) is 4.26. The Morgan fingerprint density at radius 2 is 1.90 bits per heavy atom. The summed E-state index contributed by atoms with van der Waals surface area (Å²) in [5, 5.41) is 10.7. The first-order valence-electron chi connectivity index (χ1n) is 4.89. The molecule has 0 aliphatic carbocycles. The highest BCUT2D eigenvalue weighted by Gasteiger charge is 2.36. The molecular weight excluding hydrogens is 293 g/mol. The SMILES string of the molecule is CC(=O)c1cc(C(F)(F)F)cc(OC(F)F)c1[N+](=O)[O-]. The second kappa shape index (κ2) is 5.39. The Bertz CT molecular complexity index is 555. The first-order valence-corrected chi connectivity index (χ1v) is 4.89. The van der Waals surface area contributed by atoms with Crippen LogP contribution >= 0.6 is 0 Å². The molecule has 0 radical (unpaired) electrons. The van der Waals surface area contributed by atoms with Crippen molar-refractivity contribution in [1.29, 1.82) is 0 Å². The molecule has 1 aromatic rings. The van der Waals surface area contributed by atoms with Gasteiger partial charge < -0.3 is 4.74 Å². The van der Waals surface area contributed by atoms with E-state index in [4.69, 9.17) is 0 Å². The fourth-order valence-corrected chi connectivity index (χ4v) is 1.41. The predicted octanol–water partition coefficient (Wildman–Crippen LogP) is 3.42. The lowest BCUT2D eigenvalue weighted by Crippen LogP contribution is -2.12. The summed E-state index contributed by atoms with van der Waals surface area (Å²) in [6.07, 6.45) is -4.97. The zero-order valence-electron chi connectivity index (χ0n) is 9.70. The average Bonchev–Trinajstić information content (AvgIpc) is 2.25. The van der Waals surface area contributed by atoms with Crippen molar-refractivity contribution >= 4 is 11.5 Å². The van der Waals surface area contributed by atoms with Crippen molar-refractivity contribution in [3.63, 3.8) is 0 Å². The third-order valence-corrected chi connectivity index (χ3v) is 2.18. The molecule has 0 amide bonds. The number of rotatable bonds is 4. The normalized spacial score (nSPS) is 11.6. The summed E-state index contributed by atoms with van der Waals surface area (Å²) >= 11 is 0. The molecule has 0 unspecified atom stereocenters. The highest BCUT2D eigenvalue weighted by atomic mass is 19.4. The van der Waals surface area contributed by atoms with Crippen LogP contribution in [0.3, 0.4) is 0 Å². The third kappa shape index (κ3) is 3.39. The van der Waals surface area contributed by atoms with Crippen LogP contribution in [0, 0.1) is 10.1 Å². The van der Waals surface area contributed by atoms with E-state index in [0.29, 0.717) is 0 Å². The van der Waals surface area contributed by atoms with E-state index in [0.717, 1.165) is 6.92 Å². The highest BCUT2D eigenvalue weighted by molar-refractivity contribution is 5.99. The number of carbonyl (C=O) groups is 1. The smallest absolute Gasteiger partial charge is 0.416 e. The number of carbonyl (C=O) groups excluding carboxylic acids is 1. The predicted molar refractivity (Wildman–Crippen MR) is 54.7 cm³/mol. The van der Waals surface area contributed by atoms with Gasteiger partial charge in [-0.3, -0.25) is 14.9 Å². The van der Waals surface area contributed by atoms with Gasteiger partial charge in [0.25, 0.3) is 0 Å². The molecule has 0 saturated heterocycles. The highest BCUT2D eigenvalue weighted by Crippen LogP contribution is 2.39. The lowest BCUT2D eigenvalue weighted by atomic mass is 10.0. The van der Waals surface area contributed by atoms with Crippen LogP contribution in [0.2, 0.25) is 0 Å². The van der Waals surface area contributed by atoms with Crippen LogP contribution in [0.15, 0.2) is 12.1 Å². The minimum Gasteiger partial charge on any atom is -0.427 e. The van der Waals surface area contributed by atoms with Crippen LogP contribution < -0.4 is 4.74 Å². The Hall–Kier alpha value is -2.26. The van der Waals surface area contributed by atoms with E-state index in [1.54, 1.807) is 0 Å². The van der Waals surface area contributed by atoms with Gasteiger partial charge in [-0.25, -0.2) is 0 Å². The van der Waals surface area contributed by atoms with E-state index >= 15 is 0 Å². The molecule has 10 heteroatoms. The first kappa shape index (κ1) is 15.8. The number of benzene rings is 1. The lowest BCUT2D eigenvalue weighted by Gasteiger charge is -2.12. The molecule has 110 valence electrons. The van der Waals surface area contributed by atoms with Gasteiger partial charge in [0, 0.05) is 0 Å². The summed E-state index contributed by atoms with van der Waals surface area (Å²) in [7, 11) is 0. The molecule has 1 aromatic carbocycles. The average molecular weight is 299 g/mol. The zero-order valence-corrected chi connectivity index (χ0v) is 9.70. The van der Waals surface area contributed by atoms with E-state index in [9.17, 15) is 36.9 Å². The molecule has 0 aromatic heterocycles. The number of Topliss-reactive ketones (excluding diaryl/α,β-unsaturated/α-hetero) is 1. The molecule has 0 aliphatic heterocycles. The van der Waals surface area contributed by atoms with Crippen LogP contribution in [-0.4, -0.2) is 17.3 Å². The molecule has 0 saturated carbocycles. The monoisotopic (exact) mass is 299 g/mol. The van der Waals surface area contributed by atoms with Crippen LogP contribution in [0.1, 0.15) is 22.8 Å². The van der Waals surface area contributed by atoms with E-state index < -0.39 is 46.1 Å². The van der Waals surface area contributed by atoms with Crippen molar-refractivity contribution in [2.45, 2.75) is 19.7 Å². The molecule has 0 spiro atoms. The van der Waals surface area contributed by atoms with Crippen molar-refractivity contribution in [2.75, 3.05) is 0 Å². The van der Waals surface area contributed by atoms with Crippen molar-refractivity contribution in [1.82, 2.24) is 0 Å². The van der Waals surface area contributed by atoms with Crippen molar-refractivity contribution in [3.8, 4) is 5.75 Å². The number of nitrogens with zero attached hydrogens (tertiary/aromatic N) is 1. The van der Waals surface area contributed by atoms with Gasteiger partial charge in [-0.2, -0.15) is 22.0 Å². The van der Waals surface area contributed by atoms with Gasteiger partial charge in [0.2, 0.25) is 5.75 Å². The van der Waals surface area contributed by atoms with Crippen LogP contribution in [0.4, 0.5) is 27.6 Å². The largest absolute Gasteiger partial charge is 0.427 e. The molecule has 0 N–H and O–H groups in total. The fraction of sp³-hybridized carbons (Fsp3) is 0.300. The molecule has 0 bridgehead atoms. The Labute approximate surface area is 108 Å². The van der Waals surface area contributed by atoms with Gasteiger partial charge in [-0.15, -0.1) is 0 Å². The van der Waals surface area contributed by atoms with Gasteiger partial charge in [-0.1, -0.05) is 0 Å². The number of ketones is 1. The summed E-state index contributed by atoms with van der Waals surface area (Å²) < 4.78 is 65.6. The number of halogens is 5. The van der Waals surface area contributed by atoms with E-state index in [2.05, 4.69) is 4.74 Å². The number of ether oxygens (including phenoxy) is 1. The summed E-state index contributed by atoms with van der Waals surface area (Å²) in [5.41, 5.74) is -3.68. The minimum absolute atomic E-state index is 0.0523. The summed E-state index contributed by atoms with van der Waals surface area (Å²) in [4.78, 5) is 20.7. The lowest BCUT2D eigenvalue weighted by molar-refractivity contribution is -0.386. The van der Waals surface area contributed by atoms with E-state index in [1.807, 2.05) is 0 Å². The second-order valence-electron chi connectivity index (χ2n) is 3.56. The standard InChI is InChI=1S/C10H6F5NO4/c1-4(17)6-2-5(10(13,14)15)3-7(20-9(11)12)8(6)16(18)19/h2-3,9H,1H3. The number of hydrogen-bond acceptors (Lipinski definition) is 4. The number of nitro groups is 1. The van der Waals surface area contributed by atoms with Crippen LogP contribution in [-0.2, 0) is 6.18 Å². The molecule has 0 aliphatic rings. The molecule has 5 nitrogen and oxygen atoms in total. The molecule has 1 rings (SSSR count). The topological polar surface area (TPSA) is 69.4 Å². The third-order valence-electron chi connectivity index (χ3n) is 2.18. The molecular formula is C10H6F5NO4. The Morgan fingerprint density at radius 1 is 1.35 bits per heavy atom. The summed E-state index contributed by atoms with van der Waals surface area (Å²) in [6.45, 7) is -2.80. The van der Waals surface area contributed by atoms with Crippen molar-refractivity contribution in [2.24, 2.45) is 0 Å². The van der Waals surface area contributed by atoms with E-state index in [-0.39, 0.29) is 12.1 Å². The first-order chi connectivity index (χ1) is 9.04. The summed E-state index contributed by atoms with van der Waals surface area (Å²) in [5.74, 6) is -2.40. The van der Waals surface area contributed by atoms with Crippen LogP contribution in [0.25, 0.3) is 0 Å². The van der Waals surface area contributed by atoms with Gasteiger partial charge in [0.05, 0.1) is 16.1 Å². The quantitative estimate of drug-likeness (QED) is 0.370. The fourth-order valence-electron chi connectivity index (χ4n) is 1.41. The Balaban J connectivity index is 3.63. The zero-order chi connectivity index (χ0) is 15.7.